The van der Waals surface area contributed by atoms with Gasteiger partial charge in [0.05, 0.1) is 35.2 Å². The van der Waals surface area contributed by atoms with Gasteiger partial charge in [-0.05, 0) is 77.9 Å². The zero-order valence-corrected chi connectivity index (χ0v) is 31.4. The minimum absolute atomic E-state index is 0.338. The zero-order valence-electron chi connectivity index (χ0n) is 28.2. The molecule has 0 aliphatic heterocycles. The highest BCUT2D eigenvalue weighted by molar-refractivity contribution is 9.10. The van der Waals surface area contributed by atoms with E-state index in [-0.39, 0.29) is 12.2 Å². The first kappa shape index (κ1) is 37.3. The van der Waals surface area contributed by atoms with E-state index in [0.29, 0.717) is 26.6 Å². The number of fused-ring (bicyclic) bond motifs is 2. The Hall–Kier alpha value is -3.20. The van der Waals surface area contributed by atoms with E-state index < -0.39 is 11.2 Å². The number of ether oxygens (including phenoxy) is 4. The Labute approximate surface area is 287 Å². The predicted molar refractivity (Wildman–Crippen MR) is 184 cm³/mol. The predicted octanol–water partition coefficient (Wildman–Crippen LogP) is 7.54. The van der Waals surface area contributed by atoms with Crippen molar-refractivity contribution in [3.63, 3.8) is 0 Å². The van der Waals surface area contributed by atoms with Crippen molar-refractivity contribution in [2.24, 2.45) is 0 Å². The van der Waals surface area contributed by atoms with Crippen LogP contribution in [0, 0.1) is 0 Å². The lowest BCUT2D eigenvalue weighted by Crippen LogP contribution is -2.34. The summed E-state index contributed by atoms with van der Waals surface area (Å²) in [6, 6.07) is 11.7. The van der Waals surface area contributed by atoms with Gasteiger partial charge in [-0.1, -0.05) is 31.9 Å². The molecular formula is C32H44Br2N6O6. The Morgan fingerprint density at radius 1 is 0.696 bits per heavy atom. The van der Waals surface area contributed by atoms with Crippen molar-refractivity contribution in [2.75, 3.05) is 28.3 Å². The molecular weight excluding hydrogens is 724 g/mol. The van der Waals surface area contributed by atoms with E-state index in [2.05, 4.69) is 41.8 Å². The molecule has 0 N–H and O–H groups in total. The molecule has 0 unspecified atom stereocenters. The Morgan fingerprint density at radius 3 is 1.61 bits per heavy atom. The first-order chi connectivity index (χ1) is 21.4. The van der Waals surface area contributed by atoms with Gasteiger partial charge in [-0.3, -0.25) is 0 Å². The van der Waals surface area contributed by atoms with Gasteiger partial charge in [0.1, 0.15) is 36.3 Å². The number of halogens is 2. The lowest BCUT2D eigenvalue weighted by atomic mass is 10.2. The summed E-state index contributed by atoms with van der Waals surface area (Å²) in [5.41, 5.74) is 2.57. The second-order valence-electron chi connectivity index (χ2n) is 12.7. The maximum atomic E-state index is 12.1. The fraction of sp³-hybridized carbons (Fsp3) is 0.500. The summed E-state index contributed by atoms with van der Waals surface area (Å²) in [7, 11) is 6.65. The molecule has 46 heavy (non-hydrogen) atoms. The summed E-state index contributed by atoms with van der Waals surface area (Å²) < 4.78 is 27.1. The maximum absolute atomic E-state index is 12.1. The number of imidazole rings is 2. The molecule has 0 atom stereocenters. The molecule has 2 amide bonds. The number of carbonyl (C=O) groups excluding carboxylic acids is 2. The lowest BCUT2D eigenvalue weighted by molar-refractivity contribution is 0.0265. The van der Waals surface area contributed by atoms with Crippen LogP contribution in [-0.2, 0) is 45.5 Å². The molecule has 252 valence electrons. The van der Waals surface area contributed by atoms with Crippen molar-refractivity contribution < 1.29 is 28.5 Å². The van der Waals surface area contributed by atoms with Gasteiger partial charge in [0, 0.05) is 37.3 Å². The molecule has 0 spiro atoms. The minimum Gasteiger partial charge on any atom is -0.444 e. The van der Waals surface area contributed by atoms with E-state index in [1.54, 1.807) is 28.3 Å². The summed E-state index contributed by atoms with van der Waals surface area (Å²) in [5, 5.41) is 0. The molecule has 4 rings (SSSR count). The van der Waals surface area contributed by atoms with Crippen molar-refractivity contribution in [3.05, 3.63) is 57.0 Å². The van der Waals surface area contributed by atoms with E-state index in [1.807, 2.05) is 87.1 Å². The fourth-order valence-corrected chi connectivity index (χ4v) is 5.02. The SMILES string of the molecule is COCn1c(CN(C)C(=O)OC(C)(C)C)nc2cc(Br)ccc21.COCn1c(CN(C)C(=O)OC(C)(C)C)nc2ccc(Br)cc21. The third kappa shape index (κ3) is 10.4. The monoisotopic (exact) mass is 766 g/mol. The number of benzene rings is 2. The van der Waals surface area contributed by atoms with Gasteiger partial charge >= 0.3 is 12.2 Å². The first-order valence-corrected chi connectivity index (χ1v) is 16.2. The van der Waals surface area contributed by atoms with Crippen LogP contribution in [0.1, 0.15) is 53.2 Å². The van der Waals surface area contributed by atoms with Crippen molar-refractivity contribution >= 4 is 66.1 Å². The molecule has 12 nitrogen and oxygen atoms in total. The molecule has 0 aliphatic carbocycles. The largest absolute Gasteiger partial charge is 0.444 e. The van der Waals surface area contributed by atoms with Crippen molar-refractivity contribution in [1.82, 2.24) is 28.9 Å². The van der Waals surface area contributed by atoms with E-state index in [4.69, 9.17) is 18.9 Å². The molecule has 0 fully saturated rings. The fourth-order valence-electron chi connectivity index (χ4n) is 4.32. The summed E-state index contributed by atoms with van der Waals surface area (Å²) >= 11 is 6.91. The highest BCUT2D eigenvalue weighted by Gasteiger charge is 2.23. The van der Waals surface area contributed by atoms with E-state index >= 15 is 0 Å². The maximum Gasteiger partial charge on any atom is 0.410 e. The van der Waals surface area contributed by atoms with Gasteiger partial charge in [0.25, 0.3) is 0 Å². The van der Waals surface area contributed by atoms with E-state index in [9.17, 15) is 9.59 Å². The molecule has 0 saturated heterocycles. The van der Waals surface area contributed by atoms with Gasteiger partial charge in [0.15, 0.2) is 0 Å². The van der Waals surface area contributed by atoms with Gasteiger partial charge in [-0.15, -0.1) is 0 Å². The smallest absolute Gasteiger partial charge is 0.410 e. The van der Waals surface area contributed by atoms with Gasteiger partial charge < -0.3 is 37.9 Å². The number of nitrogens with zero attached hydrogens (tertiary/aromatic N) is 6. The van der Waals surface area contributed by atoms with Crippen LogP contribution in [0.4, 0.5) is 9.59 Å². The second kappa shape index (κ2) is 15.6. The molecule has 4 aromatic rings. The topological polar surface area (TPSA) is 113 Å². The molecule has 2 aromatic carbocycles. The summed E-state index contributed by atoms with van der Waals surface area (Å²) in [4.78, 5) is 36.5. The van der Waals surface area contributed by atoms with Crippen molar-refractivity contribution in [3.8, 4) is 0 Å². The Morgan fingerprint density at radius 2 is 1.13 bits per heavy atom. The van der Waals surface area contributed by atoms with Gasteiger partial charge in [0.2, 0.25) is 0 Å². The number of carbonyl (C=O) groups is 2. The number of hydrogen-bond acceptors (Lipinski definition) is 8. The Balaban J connectivity index is 0.000000250. The van der Waals surface area contributed by atoms with Crippen LogP contribution in [0.25, 0.3) is 22.1 Å². The van der Waals surface area contributed by atoms with Crippen LogP contribution in [-0.4, -0.2) is 80.6 Å². The molecule has 14 heteroatoms. The number of methoxy groups -OCH3 is 2. The van der Waals surface area contributed by atoms with Crippen LogP contribution in [0.3, 0.4) is 0 Å². The molecule has 2 heterocycles. The molecule has 0 radical (unpaired) electrons. The van der Waals surface area contributed by atoms with Crippen molar-refractivity contribution in [1.29, 1.82) is 0 Å². The highest BCUT2D eigenvalue weighted by atomic mass is 79.9. The van der Waals surface area contributed by atoms with Crippen LogP contribution < -0.4 is 0 Å². The van der Waals surface area contributed by atoms with Crippen LogP contribution in [0.2, 0.25) is 0 Å². The highest BCUT2D eigenvalue weighted by Crippen LogP contribution is 2.24. The third-order valence-corrected chi connectivity index (χ3v) is 7.25. The average Bonchev–Trinajstić information content (AvgIpc) is 3.43. The molecule has 2 aromatic heterocycles. The summed E-state index contributed by atoms with van der Waals surface area (Å²) in [5.74, 6) is 1.49. The molecule has 0 aliphatic rings. The van der Waals surface area contributed by atoms with Crippen molar-refractivity contribution in [2.45, 2.75) is 79.3 Å². The van der Waals surface area contributed by atoms with Gasteiger partial charge in [-0.25, -0.2) is 19.6 Å². The Kier molecular flexibility index (Phi) is 12.6. The zero-order chi connectivity index (χ0) is 34.4. The van der Waals surface area contributed by atoms with Gasteiger partial charge in [-0.2, -0.15) is 0 Å². The van der Waals surface area contributed by atoms with Crippen LogP contribution in [0.5, 0.6) is 0 Å². The van der Waals surface area contributed by atoms with Crippen LogP contribution in [0.15, 0.2) is 45.3 Å². The number of aromatic nitrogens is 4. The summed E-state index contributed by atoms with van der Waals surface area (Å²) in [6.45, 7) is 12.5. The minimum atomic E-state index is -0.525. The van der Waals surface area contributed by atoms with Crippen LogP contribution >= 0.6 is 31.9 Å². The van der Waals surface area contributed by atoms with E-state index in [0.717, 1.165) is 42.7 Å². The normalized spacial score (nSPS) is 11.7. The lowest BCUT2D eigenvalue weighted by Gasteiger charge is -2.24. The number of amides is 2. The third-order valence-electron chi connectivity index (χ3n) is 6.26. The quantitative estimate of drug-likeness (QED) is 0.181. The first-order valence-electron chi connectivity index (χ1n) is 14.6. The second-order valence-corrected chi connectivity index (χ2v) is 14.5. The number of rotatable bonds is 8. The average molecular weight is 769 g/mol. The molecule has 0 bridgehead atoms. The van der Waals surface area contributed by atoms with E-state index in [1.165, 1.54) is 9.80 Å². The summed E-state index contributed by atoms with van der Waals surface area (Å²) in [6.07, 6.45) is -0.760. The standard InChI is InChI=1S/2C16H22BrN3O3/c1-16(2,3)23-15(21)19(4)9-14-18-12-8-11(17)6-7-13(12)20(14)10-22-5;1-16(2,3)23-15(21)19(4)9-14-18-12-7-6-11(17)8-13(12)20(14)10-22-5/h2*6-8H,9-10H2,1-5H3. The molecule has 0 saturated carbocycles. The number of hydrogen-bond donors (Lipinski definition) is 0. The Bertz CT molecular complexity index is 1620.